The van der Waals surface area contributed by atoms with E-state index >= 15 is 0 Å². The van der Waals surface area contributed by atoms with E-state index in [1.807, 2.05) is 7.05 Å². The van der Waals surface area contributed by atoms with Gasteiger partial charge >= 0.3 is 0 Å². The van der Waals surface area contributed by atoms with Gasteiger partial charge in [0.25, 0.3) is 0 Å². The minimum Gasteiger partial charge on any atom is -0.466 e. The number of hydrogen-bond donors (Lipinski definition) is 1. The molecule has 0 radical (unpaired) electrons. The molecular formula is C11H19NO. The van der Waals surface area contributed by atoms with Crippen molar-refractivity contribution in [3.8, 4) is 0 Å². The van der Waals surface area contributed by atoms with Crippen LogP contribution in [0.4, 0.5) is 0 Å². The van der Waals surface area contributed by atoms with E-state index in [0.717, 1.165) is 30.8 Å². The monoisotopic (exact) mass is 181 g/mol. The largest absolute Gasteiger partial charge is 0.466 e. The second-order valence-electron chi connectivity index (χ2n) is 3.45. The Morgan fingerprint density at radius 3 is 2.62 bits per heavy atom. The molecule has 0 saturated carbocycles. The van der Waals surface area contributed by atoms with Crippen LogP contribution in [0.5, 0.6) is 0 Å². The highest BCUT2D eigenvalue weighted by Crippen LogP contribution is 2.11. The van der Waals surface area contributed by atoms with E-state index in [2.05, 4.69) is 31.3 Å². The molecule has 13 heavy (non-hydrogen) atoms. The Bertz CT molecular complexity index is 242. The molecule has 0 spiro atoms. The highest BCUT2D eigenvalue weighted by Gasteiger charge is 2.03. The molecule has 1 atom stereocenters. The predicted octanol–water partition coefficient (Wildman–Crippen LogP) is 2.38. The summed E-state index contributed by atoms with van der Waals surface area (Å²) in [5, 5.41) is 3.21. The lowest BCUT2D eigenvalue weighted by Gasteiger charge is -2.07. The van der Waals surface area contributed by atoms with Gasteiger partial charge in [0, 0.05) is 18.9 Å². The van der Waals surface area contributed by atoms with Gasteiger partial charge in [0.05, 0.1) is 0 Å². The molecule has 2 heteroatoms. The number of aryl methyl sites for hydroxylation is 2. The van der Waals surface area contributed by atoms with Crippen LogP contribution in [0.25, 0.3) is 0 Å². The van der Waals surface area contributed by atoms with Gasteiger partial charge in [0.15, 0.2) is 0 Å². The van der Waals surface area contributed by atoms with Crippen molar-refractivity contribution < 1.29 is 4.42 Å². The van der Waals surface area contributed by atoms with Crippen molar-refractivity contribution in [2.24, 2.45) is 0 Å². The smallest absolute Gasteiger partial charge is 0.104 e. The van der Waals surface area contributed by atoms with E-state index in [4.69, 9.17) is 4.42 Å². The third-order valence-corrected chi connectivity index (χ3v) is 2.38. The molecule has 0 aliphatic heterocycles. The Morgan fingerprint density at radius 1 is 1.38 bits per heavy atom. The fourth-order valence-electron chi connectivity index (χ4n) is 1.25. The maximum atomic E-state index is 5.60. The molecule has 0 fully saturated rings. The molecule has 0 aliphatic rings. The van der Waals surface area contributed by atoms with E-state index in [-0.39, 0.29) is 0 Å². The Kier molecular flexibility index (Phi) is 4.03. The van der Waals surface area contributed by atoms with Crippen LogP contribution in [0.15, 0.2) is 16.5 Å². The van der Waals surface area contributed by atoms with Crippen LogP contribution in [-0.4, -0.2) is 13.1 Å². The molecule has 1 rings (SSSR count). The molecule has 1 heterocycles. The van der Waals surface area contributed by atoms with Crippen molar-refractivity contribution in [2.45, 2.75) is 39.2 Å². The first-order valence-corrected chi connectivity index (χ1v) is 5.01. The van der Waals surface area contributed by atoms with Gasteiger partial charge in [-0.1, -0.05) is 6.92 Å². The predicted molar refractivity (Wildman–Crippen MR) is 54.9 cm³/mol. The zero-order valence-electron chi connectivity index (χ0n) is 8.76. The lowest BCUT2D eigenvalue weighted by Crippen LogP contribution is -2.21. The fourth-order valence-corrected chi connectivity index (χ4v) is 1.25. The van der Waals surface area contributed by atoms with Gasteiger partial charge in [0.2, 0.25) is 0 Å². The van der Waals surface area contributed by atoms with Crippen molar-refractivity contribution >= 4 is 0 Å². The summed E-state index contributed by atoms with van der Waals surface area (Å²) in [7, 11) is 1.99. The Morgan fingerprint density at radius 2 is 2.08 bits per heavy atom. The second kappa shape index (κ2) is 5.07. The first-order valence-electron chi connectivity index (χ1n) is 5.01. The molecule has 2 nitrogen and oxygen atoms in total. The summed E-state index contributed by atoms with van der Waals surface area (Å²) < 4.78 is 5.60. The van der Waals surface area contributed by atoms with Crippen LogP contribution in [0.2, 0.25) is 0 Å². The van der Waals surface area contributed by atoms with E-state index in [9.17, 15) is 0 Å². The van der Waals surface area contributed by atoms with E-state index < -0.39 is 0 Å². The number of rotatable bonds is 5. The molecule has 1 N–H and O–H groups in total. The van der Waals surface area contributed by atoms with Gasteiger partial charge in [0.1, 0.15) is 11.5 Å². The summed E-state index contributed by atoms with van der Waals surface area (Å²) >= 11 is 0. The lowest BCUT2D eigenvalue weighted by atomic mass is 10.1. The summed E-state index contributed by atoms with van der Waals surface area (Å²) in [5.74, 6) is 2.20. The van der Waals surface area contributed by atoms with Crippen LogP contribution in [0.3, 0.4) is 0 Å². The molecule has 1 aromatic heterocycles. The maximum Gasteiger partial charge on any atom is 0.104 e. The number of nitrogens with one attached hydrogen (secondary N) is 1. The molecule has 1 aromatic rings. The zero-order valence-corrected chi connectivity index (χ0v) is 8.76. The Balaban J connectivity index is 2.36. The van der Waals surface area contributed by atoms with Gasteiger partial charge in [-0.15, -0.1) is 0 Å². The van der Waals surface area contributed by atoms with Crippen LogP contribution in [-0.2, 0) is 12.8 Å². The zero-order chi connectivity index (χ0) is 9.68. The molecule has 0 aliphatic carbocycles. The van der Waals surface area contributed by atoms with Crippen LogP contribution in [0.1, 0.15) is 31.8 Å². The molecule has 0 saturated heterocycles. The molecular weight excluding hydrogens is 162 g/mol. The van der Waals surface area contributed by atoms with Gasteiger partial charge in [-0.05, 0) is 32.5 Å². The Labute approximate surface area is 80.3 Å². The molecule has 1 unspecified atom stereocenters. The minimum absolute atomic E-state index is 0.565. The van der Waals surface area contributed by atoms with Gasteiger partial charge in [-0.2, -0.15) is 0 Å². The minimum atomic E-state index is 0.565. The SMILES string of the molecule is CCc1ccc(CCC(C)NC)o1. The van der Waals surface area contributed by atoms with E-state index in [1.165, 1.54) is 0 Å². The number of hydrogen-bond acceptors (Lipinski definition) is 2. The van der Waals surface area contributed by atoms with Crippen molar-refractivity contribution in [3.05, 3.63) is 23.7 Å². The fraction of sp³-hybridized carbons (Fsp3) is 0.636. The van der Waals surface area contributed by atoms with Crippen LogP contribution >= 0.6 is 0 Å². The second-order valence-corrected chi connectivity index (χ2v) is 3.45. The van der Waals surface area contributed by atoms with Gasteiger partial charge in [-0.3, -0.25) is 0 Å². The van der Waals surface area contributed by atoms with Gasteiger partial charge in [-0.25, -0.2) is 0 Å². The van der Waals surface area contributed by atoms with E-state index in [1.54, 1.807) is 0 Å². The van der Waals surface area contributed by atoms with E-state index in [0.29, 0.717) is 6.04 Å². The topological polar surface area (TPSA) is 25.2 Å². The first-order chi connectivity index (χ1) is 6.26. The summed E-state index contributed by atoms with van der Waals surface area (Å²) in [5.41, 5.74) is 0. The normalized spacial score (nSPS) is 13.2. The quantitative estimate of drug-likeness (QED) is 0.754. The highest BCUT2D eigenvalue weighted by atomic mass is 16.3. The Hall–Kier alpha value is -0.760. The molecule has 0 amide bonds. The molecule has 0 bridgehead atoms. The lowest BCUT2D eigenvalue weighted by molar-refractivity contribution is 0.447. The van der Waals surface area contributed by atoms with Crippen molar-refractivity contribution in [1.82, 2.24) is 5.32 Å². The first kappa shape index (κ1) is 10.3. The summed E-state index contributed by atoms with van der Waals surface area (Å²) in [6, 6.07) is 4.72. The highest BCUT2D eigenvalue weighted by molar-refractivity contribution is 5.07. The van der Waals surface area contributed by atoms with Crippen molar-refractivity contribution in [2.75, 3.05) is 7.05 Å². The van der Waals surface area contributed by atoms with Crippen molar-refractivity contribution in [1.29, 1.82) is 0 Å². The van der Waals surface area contributed by atoms with Crippen LogP contribution < -0.4 is 5.32 Å². The summed E-state index contributed by atoms with van der Waals surface area (Å²) in [4.78, 5) is 0. The molecule has 74 valence electrons. The third kappa shape index (κ3) is 3.23. The average Bonchev–Trinajstić information content (AvgIpc) is 2.61. The maximum absolute atomic E-state index is 5.60. The van der Waals surface area contributed by atoms with Crippen LogP contribution in [0, 0.1) is 0 Å². The third-order valence-electron chi connectivity index (χ3n) is 2.38. The number of furan rings is 1. The summed E-state index contributed by atoms with van der Waals surface area (Å²) in [6.07, 6.45) is 3.15. The van der Waals surface area contributed by atoms with Gasteiger partial charge < -0.3 is 9.73 Å². The molecule has 0 aromatic carbocycles. The van der Waals surface area contributed by atoms with Crippen molar-refractivity contribution in [3.63, 3.8) is 0 Å². The average molecular weight is 181 g/mol. The standard InChI is InChI=1S/C11H19NO/c1-4-10-7-8-11(13-10)6-5-9(2)12-3/h7-9,12H,4-6H2,1-3H3. The summed E-state index contributed by atoms with van der Waals surface area (Å²) in [6.45, 7) is 4.29.